The molecule has 7 nitrogen and oxygen atoms in total. The Bertz CT molecular complexity index is 1070. The predicted molar refractivity (Wildman–Crippen MR) is 118 cm³/mol. The van der Waals surface area contributed by atoms with E-state index >= 15 is 0 Å². The van der Waals surface area contributed by atoms with Crippen LogP contribution < -0.4 is 14.8 Å². The summed E-state index contributed by atoms with van der Waals surface area (Å²) in [6.45, 7) is 3.61. The first-order chi connectivity index (χ1) is 14.7. The number of amides is 1. The average Bonchev–Trinajstić information content (AvgIpc) is 3.10. The zero-order valence-electron chi connectivity index (χ0n) is 18.1. The minimum absolute atomic E-state index is 0.154. The smallest absolute Gasteiger partial charge is 0.255 e. The molecule has 166 valence electrons. The van der Waals surface area contributed by atoms with Crippen LogP contribution in [0.1, 0.15) is 56.3 Å². The molecular weight excluding hydrogens is 416 g/mol. The number of benzene rings is 2. The molecule has 0 bridgehead atoms. The van der Waals surface area contributed by atoms with E-state index in [1.54, 1.807) is 26.0 Å². The number of ether oxygens (including phenoxy) is 2. The Morgan fingerprint density at radius 1 is 1.00 bits per heavy atom. The summed E-state index contributed by atoms with van der Waals surface area (Å²) in [5, 5.41) is 2.84. The molecule has 1 heterocycles. The van der Waals surface area contributed by atoms with Crippen LogP contribution in [0.3, 0.4) is 0 Å². The molecule has 1 aliphatic carbocycles. The topological polar surface area (TPSA) is 84.9 Å². The van der Waals surface area contributed by atoms with E-state index in [0.29, 0.717) is 22.7 Å². The van der Waals surface area contributed by atoms with Crippen LogP contribution >= 0.6 is 0 Å². The van der Waals surface area contributed by atoms with Gasteiger partial charge in [-0.2, -0.15) is 4.31 Å². The van der Waals surface area contributed by atoms with Gasteiger partial charge >= 0.3 is 0 Å². The van der Waals surface area contributed by atoms with Gasteiger partial charge < -0.3 is 14.8 Å². The minimum Gasteiger partial charge on any atom is -0.448 e. The number of hydrogen-bond acceptors (Lipinski definition) is 5. The van der Waals surface area contributed by atoms with Crippen molar-refractivity contribution in [2.24, 2.45) is 0 Å². The number of rotatable bonds is 5. The van der Waals surface area contributed by atoms with Gasteiger partial charge in [0.1, 0.15) is 0 Å². The summed E-state index contributed by atoms with van der Waals surface area (Å²) in [5.41, 5.74) is 0.962. The second-order valence-corrected chi connectivity index (χ2v) is 10.4. The Balaban J connectivity index is 1.46. The van der Waals surface area contributed by atoms with Gasteiger partial charge in [0.05, 0.1) is 4.90 Å². The second-order valence-electron chi connectivity index (χ2n) is 8.43. The highest BCUT2D eigenvalue weighted by atomic mass is 32.2. The Morgan fingerprint density at radius 3 is 2.29 bits per heavy atom. The van der Waals surface area contributed by atoms with Gasteiger partial charge in [-0.3, -0.25) is 4.79 Å². The van der Waals surface area contributed by atoms with E-state index in [1.165, 1.54) is 42.0 Å². The molecule has 31 heavy (non-hydrogen) atoms. The van der Waals surface area contributed by atoms with Crippen LogP contribution in [0, 0.1) is 0 Å². The fourth-order valence-corrected chi connectivity index (χ4v) is 5.26. The molecular formula is C23H28N2O5S. The largest absolute Gasteiger partial charge is 0.448 e. The van der Waals surface area contributed by atoms with E-state index in [2.05, 4.69) is 5.32 Å². The summed E-state index contributed by atoms with van der Waals surface area (Å²) in [4.78, 5) is 12.8. The van der Waals surface area contributed by atoms with Crippen LogP contribution in [-0.2, 0) is 10.0 Å². The monoisotopic (exact) mass is 444 g/mol. The maximum Gasteiger partial charge on any atom is 0.255 e. The van der Waals surface area contributed by atoms with Crippen LogP contribution in [-0.4, -0.2) is 37.5 Å². The Labute approximate surface area is 183 Å². The zero-order chi connectivity index (χ0) is 22.2. The lowest BCUT2D eigenvalue weighted by Gasteiger charge is -2.31. The van der Waals surface area contributed by atoms with Crippen molar-refractivity contribution in [1.29, 1.82) is 0 Å². The Kier molecular flexibility index (Phi) is 5.70. The van der Waals surface area contributed by atoms with Gasteiger partial charge in [0.15, 0.2) is 11.5 Å². The SMILES string of the molecule is CC(C)N(C)S(=O)(=O)c1ccc(C(=O)Nc2ccc3c(c2)OC2(CCCCC2)O3)cc1. The molecule has 0 unspecified atom stereocenters. The Hall–Kier alpha value is -2.58. The molecule has 4 rings (SSSR count). The minimum atomic E-state index is -3.59. The van der Waals surface area contributed by atoms with Crippen molar-refractivity contribution in [3.63, 3.8) is 0 Å². The molecule has 0 aromatic heterocycles. The first-order valence-electron chi connectivity index (χ1n) is 10.6. The maximum atomic E-state index is 12.7. The molecule has 2 aliphatic rings. The zero-order valence-corrected chi connectivity index (χ0v) is 18.9. The van der Waals surface area contributed by atoms with Gasteiger partial charge in [-0.1, -0.05) is 6.42 Å². The van der Waals surface area contributed by atoms with Crippen molar-refractivity contribution in [2.75, 3.05) is 12.4 Å². The molecule has 8 heteroatoms. The standard InChI is InChI=1S/C23H28N2O5S/c1-16(2)25(3)31(27,28)19-10-7-17(8-11-19)22(26)24-18-9-12-20-21(15-18)30-23(29-20)13-5-4-6-14-23/h7-12,15-16H,4-6,13-14H2,1-3H3,(H,24,26). The fraction of sp³-hybridized carbons (Fsp3) is 0.435. The van der Waals surface area contributed by atoms with Gasteiger partial charge in [-0.25, -0.2) is 8.42 Å². The Morgan fingerprint density at radius 2 is 1.65 bits per heavy atom. The number of carbonyl (C=O) groups is 1. The highest BCUT2D eigenvalue weighted by Crippen LogP contribution is 2.46. The second kappa shape index (κ2) is 8.16. The molecule has 0 atom stereocenters. The number of carbonyl (C=O) groups excluding carboxylic acids is 1. The third kappa shape index (κ3) is 4.27. The molecule has 2 aromatic carbocycles. The van der Waals surface area contributed by atoms with Gasteiger partial charge in [0, 0.05) is 43.2 Å². The average molecular weight is 445 g/mol. The van der Waals surface area contributed by atoms with Crippen LogP contribution in [0.2, 0.25) is 0 Å². The molecule has 0 radical (unpaired) electrons. The molecule has 1 amide bonds. The van der Waals surface area contributed by atoms with E-state index in [-0.39, 0.29) is 16.8 Å². The number of nitrogens with zero attached hydrogens (tertiary/aromatic N) is 1. The lowest BCUT2D eigenvalue weighted by molar-refractivity contribution is -0.105. The van der Waals surface area contributed by atoms with Crippen LogP contribution in [0.15, 0.2) is 47.4 Å². The fourth-order valence-electron chi connectivity index (χ4n) is 3.89. The van der Waals surface area contributed by atoms with Crippen molar-refractivity contribution in [3.05, 3.63) is 48.0 Å². The number of hydrogen-bond donors (Lipinski definition) is 1. The highest BCUT2D eigenvalue weighted by molar-refractivity contribution is 7.89. The van der Waals surface area contributed by atoms with Gasteiger partial charge in [-0.05, 0) is 63.1 Å². The lowest BCUT2D eigenvalue weighted by Crippen LogP contribution is -2.40. The van der Waals surface area contributed by atoms with E-state index in [1.807, 2.05) is 6.07 Å². The summed E-state index contributed by atoms with van der Waals surface area (Å²) in [7, 11) is -2.05. The van der Waals surface area contributed by atoms with E-state index in [0.717, 1.165) is 25.7 Å². The number of anilines is 1. The van der Waals surface area contributed by atoms with Gasteiger partial charge in [-0.15, -0.1) is 0 Å². The van der Waals surface area contributed by atoms with E-state index in [9.17, 15) is 13.2 Å². The van der Waals surface area contributed by atoms with Crippen LogP contribution in [0.5, 0.6) is 11.5 Å². The molecule has 1 saturated carbocycles. The molecule has 1 N–H and O–H groups in total. The molecule has 0 saturated heterocycles. The molecule has 1 spiro atoms. The van der Waals surface area contributed by atoms with Crippen molar-refractivity contribution in [3.8, 4) is 11.5 Å². The van der Waals surface area contributed by atoms with Gasteiger partial charge in [0.25, 0.3) is 11.7 Å². The third-order valence-corrected chi connectivity index (χ3v) is 7.98. The predicted octanol–water partition coefficient (Wildman–Crippen LogP) is 4.40. The molecule has 2 aromatic rings. The number of sulfonamides is 1. The summed E-state index contributed by atoms with van der Waals surface area (Å²) in [6, 6.07) is 11.1. The van der Waals surface area contributed by atoms with Crippen molar-refractivity contribution in [2.45, 2.75) is 62.7 Å². The van der Waals surface area contributed by atoms with Crippen LogP contribution in [0.25, 0.3) is 0 Å². The normalized spacial score (nSPS) is 17.3. The quantitative estimate of drug-likeness (QED) is 0.739. The summed E-state index contributed by atoms with van der Waals surface area (Å²) < 4.78 is 38.6. The van der Waals surface area contributed by atoms with Crippen LogP contribution in [0.4, 0.5) is 5.69 Å². The molecule has 1 aliphatic heterocycles. The summed E-state index contributed by atoms with van der Waals surface area (Å²) >= 11 is 0. The first-order valence-corrected chi connectivity index (χ1v) is 12.1. The maximum absolute atomic E-state index is 12.7. The summed E-state index contributed by atoms with van der Waals surface area (Å²) in [5.74, 6) is 0.447. The van der Waals surface area contributed by atoms with Crippen molar-refractivity contribution >= 4 is 21.6 Å². The highest BCUT2D eigenvalue weighted by Gasteiger charge is 2.42. The summed E-state index contributed by atoms with van der Waals surface area (Å²) in [6.07, 6.45) is 5.09. The van der Waals surface area contributed by atoms with Crippen molar-refractivity contribution < 1.29 is 22.7 Å². The lowest BCUT2D eigenvalue weighted by atomic mass is 9.94. The van der Waals surface area contributed by atoms with Gasteiger partial charge in [0.2, 0.25) is 10.0 Å². The van der Waals surface area contributed by atoms with E-state index in [4.69, 9.17) is 9.47 Å². The number of fused-ring (bicyclic) bond motifs is 1. The van der Waals surface area contributed by atoms with Crippen molar-refractivity contribution in [1.82, 2.24) is 4.31 Å². The van der Waals surface area contributed by atoms with E-state index < -0.39 is 15.8 Å². The first kappa shape index (κ1) is 21.6. The third-order valence-electron chi connectivity index (χ3n) is 5.93. The number of nitrogens with one attached hydrogen (secondary N) is 1. The molecule has 1 fully saturated rings.